The van der Waals surface area contributed by atoms with E-state index in [1.54, 1.807) is 36.4 Å². The third kappa shape index (κ3) is 4.95. The second-order valence-corrected chi connectivity index (χ2v) is 5.86. The molecule has 2 aromatic carbocycles. The number of halogens is 4. The average Bonchev–Trinajstić information content (AvgIpc) is 2.63. The molecule has 9 heteroatoms. The normalized spacial score (nSPS) is 11.7. The maximum Gasteiger partial charge on any atom is 0.433 e. The van der Waals surface area contributed by atoms with Crippen LogP contribution in [0.3, 0.4) is 0 Å². The van der Waals surface area contributed by atoms with Crippen LogP contribution in [0, 0.1) is 0 Å². The molecule has 5 nitrogen and oxygen atoms in total. The first-order chi connectivity index (χ1) is 12.8. The monoisotopic (exact) mass is 392 g/mol. The summed E-state index contributed by atoms with van der Waals surface area (Å²) in [5.74, 6) is -0.210. The molecule has 0 aliphatic rings. The Morgan fingerprint density at radius 1 is 1.00 bits per heavy atom. The standard InChI is InChI=1S/C18H12ClF3N4O/c19-13-5-3-12(4-6-13)15-9-16(18(20,21)22)25-17(24-15)26-23-10-11-1-7-14(27)8-2-11/h1-10,27H,(H,24,25,26)/b23-10+. The van der Waals surface area contributed by atoms with Gasteiger partial charge in [0.2, 0.25) is 5.95 Å². The fourth-order valence-corrected chi connectivity index (χ4v) is 2.26. The Hall–Kier alpha value is -3.13. The number of nitrogens with one attached hydrogen (secondary N) is 1. The number of aromatic hydroxyl groups is 1. The zero-order chi connectivity index (χ0) is 19.4. The van der Waals surface area contributed by atoms with Crippen LogP contribution < -0.4 is 5.43 Å². The summed E-state index contributed by atoms with van der Waals surface area (Å²) in [5.41, 5.74) is 2.47. The van der Waals surface area contributed by atoms with E-state index in [1.165, 1.54) is 18.3 Å². The van der Waals surface area contributed by atoms with E-state index < -0.39 is 11.9 Å². The van der Waals surface area contributed by atoms with Crippen LogP contribution in [0.2, 0.25) is 5.02 Å². The van der Waals surface area contributed by atoms with Gasteiger partial charge in [-0.1, -0.05) is 23.7 Å². The minimum absolute atomic E-state index is 0.0799. The predicted molar refractivity (Wildman–Crippen MR) is 96.8 cm³/mol. The number of alkyl halides is 3. The summed E-state index contributed by atoms with van der Waals surface area (Å²) >= 11 is 5.81. The highest BCUT2D eigenvalue weighted by atomic mass is 35.5. The number of nitrogens with zero attached hydrogens (tertiary/aromatic N) is 3. The topological polar surface area (TPSA) is 70.4 Å². The summed E-state index contributed by atoms with van der Waals surface area (Å²) in [7, 11) is 0. The molecule has 1 heterocycles. The summed E-state index contributed by atoms with van der Waals surface area (Å²) < 4.78 is 39.5. The highest BCUT2D eigenvalue weighted by molar-refractivity contribution is 6.30. The Balaban J connectivity index is 1.90. The molecule has 0 amide bonds. The molecule has 0 saturated carbocycles. The largest absolute Gasteiger partial charge is 0.508 e. The number of anilines is 1. The lowest BCUT2D eigenvalue weighted by Gasteiger charge is -2.10. The van der Waals surface area contributed by atoms with Crippen molar-refractivity contribution in [3.05, 3.63) is 70.9 Å². The van der Waals surface area contributed by atoms with Crippen LogP contribution in [0.4, 0.5) is 19.1 Å². The average molecular weight is 393 g/mol. The summed E-state index contributed by atoms with van der Waals surface area (Å²) in [6.07, 6.45) is -3.27. The Morgan fingerprint density at radius 2 is 1.67 bits per heavy atom. The van der Waals surface area contributed by atoms with E-state index in [1.807, 2.05) is 0 Å². The van der Waals surface area contributed by atoms with Gasteiger partial charge in [-0.05, 0) is 48.0 Å². The number of rotatable bonds is 4. The van der Waals surface area contributed by atoms with Crippen LogP contribution in [-0.4, -0.2) is 21.3 Å². The first-order valence-electron chi connectivity index (χ1n) is 7.61. The van der Waals surface area contributed by atoms with Gasteiger partial charge in [-0.25, -0.2) is 15.4 Å². The van der Waals surface area contributed by atoms with E-state index in [-0.39, 0.29) is 17.4 Å². The quantitative estimate of drug-likeness (QED) is 0.486. The maximum atomic E-state index is 13.2. The molecule has 0 radical (unpaired) electrons. The van der Waals surface area contributed by atoms with Crippen LogP contribution in [0.25, 0.3) is 11.3 Å². The van der Waals surface area contributed by atoms with Gasteiger partial charge in [0.25, 0.3) is 0 Å². The minimum Gasteiger partial charge on any atom is -0.508 e. The lowest BCUT2D eigenvalue weighted by molar-refractivity contribution is -0.141. The highest BCUT2D eigenvalue weighted by Gasteiger charge is 2.33. The molecule has 0 unspecified atom stereocenters. The highest BCUT2D eigenvalue weighted by Crippen LogP contribution is 2.31. The van der Waals surface area contributed by atoms with Crippen LogP contribution in [-0.2, 0) is 6.18 Å². The van der Waals surface area contributed by atoms with E-state index in [9.17, 15) is 18.3 Å². The molecule has 3 aromatic rings. The number of benzene rings is 2. The molecule has 1 aromatic heterocycles. The van der Waals surface area contributed by atoms with Crippen molar-refractivity contribution in [1.82, 2.24) is 9.97 Å². The van der Waals surface area contributed by atoms with Crippen molar-refractivity contribution in [2.75, 3.05) is 5.43 Å². The fraction of sp³-hybridized carbons (Fsp3) is 0.0556. The van der Waals surface area contributed by atoms with Crippen molar-refractivity contribution in [3.63, 3.8) is 0 Å². The number of phenols is 1. The zero-order valence-electron chi connectivity index (χ0n) is 13.6. The molecular weight excluding hydrogens is 381 g/mol. The molecule has 3 rings (SSSR count). The summed E-state index contributed by atoms with van der Waals surface area (Å²) in [6, 6.07) is 13.2. The third-order valence-electron chi connectivity index (χ3n) is 3.43. The van der Waals surface area contributed by atoms with Crippen LogP contribution in [0.15, 0.2) is 59.7 Å². The van der Waals surface area contributed by atoms with E-state index in [2.05, 4.69) is 20.5 Å². The van der Waals surface area contributed by atoms with Gasteiger partial charge in [0.15, 0.2) is 5.69 Å². The van der Waals surface area contributed by atoms with Gasteiger partial charge < -0.3 is 5.11 Å². The lowest BCUT2D eigenvalue weighted by Crippen LogP contribution is -2.11. The molecule has 138 valence electrons. The second-order valence-electron chi connectivity index (χ2n) is 5.43. The number of hydrogen-bond donors (Lipinski definition) is 2. The Labute approximate surface area is 157 Å². The Bertz CT molecular complexity index is 958. The summed E-state index contributed by atoms with van der Waals surface area (Å²) in [6.45, 7) is 0. The number of phenolic OH excluding ortho intramolecular Hbond substituents is 1. The fourth-order valence-electron chi connectivity index (χ4n) is 2.14. The Kier molecular flexibility index (Phi) is 5.27. The first-order valence-corrected chi connectivity index (χ1v) is 7.99. The SMILES string of the molecule is Oc1ccc(/C=N/Nc2nc(-c3ccc(Cl)cc3)cc(C(F)(F)F)n2)cc1. The van der Waals surface area contributed by atoms with Crippen molar-refractivity contribution >= 4 is 23.8 Å². The molecule has 0 aliphatic heterocycles. The number of aromatic nitrogens is 2. The Morgan fingerprint density at radius 3 is 2.30 bits per heavy atom. The number of hydrazone groups is 1. The molecule has 0 aliphatic carbocycles. The number of hydrogen-bond acceptors (Lipinski definition) is 5. The van der Waals surface area contributed by atoms with Crippen molar-refractivity contribution in [2.24, 2.45) is 5.10 Å². The molecule has 0 bridgehead atoms. The molecule has 0 atom stereocenters. The van der Waals surface area contributed by atoms with Gasteiger partial charge in [0.05, 0.1) is 11.9 Å². The van der Waals surface area contributed by atoms with Gasteiger partial charge in [-0.15, -0.1) is 0 Å². The molecule has 0 saturated heterocycles. The smallest absolute Gasteiger partial charge is 0.433 e. The molecule has 2 N–H and O–H groups in total. The van der Waals surface area contributed by atoms with Crippen LogP contribution >= 0.6 is 11.6 Å². The van der Waals surface area contributed by atoms with E-state index >= 15 is 0 Å². The van der Waals surface area contributed by atoms with Gasteiger partial charge >= 0.3 is 6.18 Å². The third-order valence-corrected chi connectivity index (χ3v) is 3.68. The van der Waals surface area contributed by atoms with Crippen molar-refractivity contribution in [2.45, 2.75) is 6.18 Å². The van der Waals surface area contributed by atoms with Gasteiger partial charge in [0.1, 0.15) is 5.75 Å². The van der Waals surface area contributed by atoms with Crippen molar-refractivity contribution in [3.8, 4) is 17.0 Å². The van der Waals surface area contributed by atoms with Gasteiger partial charge in [-0.2, -0.15) is 18.3 Å². The van der Waals surface area contributed by atoms with E-state index in [0.717, 1.165) is 6.07 Å². The van der Waals surface area contributed by atoms with Crippen LogP contribution in [0.5, 0.6) is 5.75 Å². The molecular formula is C18H12ClF3N4O. The minimum atomic E-state index is -4.64. The van der Waals surface area contributed by atoms with Gasteiger partial charge in [0, 0.05) is 10.6 Å². The molecule has 0 fully saturated rings. The molecule has 0 spiro atoms. The van der Waals surface area contributed by atoms with E-state index in [0.29, 0.717) is 16.1 Å². The summed E-state index contributed by atoms with van der Waals surface area (Å²) in [4.78, 5) is 7.54. The van der Waals surface area contributed by atoms with Crippen LogP contribution in [0.1, 0.15) is 11.3 Å². The maximum absolute atomic E-state index is 13.2. The van der Waals surface area contributed by atoms with E-state index in [4.69, 9.17) is 11.6 Å². The lowest BCUT2D eigenvalue weighted by atomic mass is 10.1. The second kappa shape index (κ2) is 7.63. The predicted octanol–water partition coefficient (Wildman–Crippen LogP) is 4.97. The zero-order valence-corrected chi connectivity index (χ0v) is 14.3. The van der Waals surface area contributed by atoms with Crippen molar-refractivity contribution < 1.29 is 18.3 Å². The van der Waals surface area contributed by atoms with Crippen molar-refractivity contribution in [1.29, 1.82) is 0 Å². The summed E-state index contributed by atoms with van der Waals surface area (Å²) in [5, 5.41) is 13.5. The van der Waals surface area contributed by atoms with Gasteiger partial charge in [-0.3, -0.25) is 0 Å². The first kappa shape index (κ1) is 18.7. The molecule has 27 heavy (non-hydrogen) atoms.